The van der Waals surface area contributed by atoms with Crippen molar-refractivity contribution in [1.82, 2.24) is 9.78 Å². The van der Waals surface area contributed by atoms with Crippen LogP contribution in [0.3, 0.4) is 0 Å². The van der Waals surface area contributed by atoms with Crippen LogP contribution in [0, 0.1) is 5.41 Å². The molecule has 6 nitrogen and oxygen atoms in total. The largest absolute Gasteiger partial charge is 0.508 e. The van der Waals surface area contributed by atoms with E-state index in [0.29, 0.717) is 23.4 Å². The molecule has 0 radical (unpaired) electrons. The molecule has 1 atom stereocenters. The van der Waals surface area contributed by atoms with Gasteiger partial charge < -0.3 is 10.4 Å². The Balaban J connectivity index is 1.74. The summed E-state index contributed by atoms with van der Waals surface area (Å²) in [6.45, 7) is 4.17. The number of phenols is 1. The summed E-state index contributed by atoms with van der Waals surface area (Å²) in [5.41, 5.74) is 3.25. The molecule has 1 aromatic heterocycles. The van der Waals surface area contributed by atoms with Crippen LogP contribution in [0.1, 0.15) is 43.7 Å². The number of hydrogen-bond donors (Lipinski definition) is 3. The molecular weight excluding hydrogens is 378 g/mol. The predicted molar refractivity (Wildman–Crippen MR) is 115 cm³/mol. The topological polar surface area (TPSA) is 87.1 Å². The number of nitrogens with zero attached hydrogens (tertiary/aromatic N) is 1. The molecule has 2 aromatic carbocycles. The molecule has 6 heteroatoms. The number of H-pyrrole nitrogens is 1. The molecule has 0 bridgehead atoms. The van der Waals surface area contributed by atoms with Gasteiger partial charge in [-0.25, -0.2) is 4.68 Å². The van der Waals surface area contributed by atoms with Crippen LogP contribution >= 0.6 is 0 Å². The minimum Gasteiger partial charge on any atom is -0.508 e. The number of allylic oxidation sites excluding steroid dienone is 2. The van der Waals surface area contributed by atoms with Crippen molar-refractivity contribution in [2.45, 2.75) is 32.6 Å². The first-order chi connectivity index (χ1) is 14.3. The SMILES string of the molecule is CC1(C)CC(=O)C2=C(C1)Nc1[nH]n(-c3ccccc3)c(=O)c1[C@@H]2c1ccc(O)cc1. The van der Waals surface area contributed by atoms with Crippen molar-refractivity contribution in [3.63, 3.8) is 0 Å². The molecule has 2 heterocycles. The fourth-order valence-corrected chi connectivity index (χ4v) is 4.65. The lowest BCUT2D eigenvalue weighted by atomic mass is 9.69. The van der Waals surface area contributed by atoms with Crippen LogP contribution in [0.15, 0.2) is 70.7 Å². The summed E-state index contributed by atoms with van der Waals surface area (Å²) in [4.78, 5) is 26.7. The summed E-state index contributed by atoms with van der Waals surface area (Å²) in [5, 5.41) is 16.3. The Morgan fingerprint density at radius 3 is 2.40 bits per heavy atom. The van der Waals surface area contributed by atoms with Crippen LogP contribution in [0.5, 0.6) is 5.75 Å². The number of carbonyl (C=O) groups excluding carboxylic acids is 1. The Labute approximate surface area is 173 Å². The molecule has 1 aliphatic carbocycles. The number of nitrogens with one attached hydrogen (secondary N) is 2. The Kier molecular flexibility index (Phi) is 4.00. The zero-order valence-electron chi connectivity index (χ0n) is 16.9. The Morgan fingerprint density at radius 1 is 1.00 bits per heavy atom. The van der Waals surface area contributed by atoms with Crippen molar-refractivity contribution >= 4 is 11.6 Å². The maximum Gasteiger partial charge on any atom is 0.277 e. The zero-order chi connectivity index (χ0) is 21.0. The van der Waals surface area contributed by atoms with Crippen molar-refractivity contribution in [3.8, 4) is 11.4 Å². The fourth-order valence-electron chi connectivity index (χ4n) is 4.65. The van der Waals surface area contributed by atoms with E-state index in [0.717, 1.165) is 23.4 Å². The van der Waals surface area contributed by atoms with Gasteiger partial charge in [-0.2, -0.15) is 0 Å². The summed E-state index contributed by atoms with van der Waals surface area (Å²) < 4.78 is 1.51. The number of benzene rings is 2. The molecule has 0 saturated heterocycles. The van der Waals surface area contributed by atoms with Gasteiger partial charge in [0, 0.05) is 23.6 Å². The molecule has 3 N–H and O–H groups in total. The van der Waals surface area contributed by atoms with Gasteiger partial charge in [0.1, 0.15) is 11.6 Å². The third-order valence-electron chi connectivity index (χ3n) is 5.94. The van der Waals surface area contributed by atoms with Gasteiger partial charge in [0.15, 0.2) is 5.78 Å². The van der Waals surface area contributed by atoms with E-state index in [9.17, 15) is 14.7 Å². The molecule has 30 heavy (non-hydrogen) atoms. The lowest BCUT2D eigenvalue weighted by Crippen LogP contribution is -2.35. The van der Waals surface area contributed by atoms with Gasteiger partial charge in [0.25, 0.3) is 5.56 Å². The average molecular weight is 401 g/mol. The molecule has 152 valence electrons. The summed E-state index contributed by atoms with van der Waals surface area (Å²) in [6, 6.07) is 16.1. The van der Waals surface area contributed by atoms with Gasteiger partial charge in [-0.05, 0) is 41.7 Å². The summed E-state index contributed by atoms with van der Waals surface area (Å²) in [5.74, 6) is 0.346. The predicted octanol–water partition coefficient (Wildman–Crippen LogP) is 4.07. The van der Waals surface area contributed by atoms with Crippen molar-refractivity contribution < 1.29 is 9.90 Å². The number of ketones is 1. The van der Waals surface area contributed by atoms with Crippen LogP contribution in [-0.2, 0) is 4.79 Å². The molecular formula is C24H23N3O3. The highest BCUT2D eigenvalue weighted by molar-refractivity contribution is 6.01. The van der Waals surface area contributed by atoms with E-state index < -0.39 is 5.92 Å². The van der Waals surface area contributed by atoms with Crippen LogP contribution in [0.25, 0.3) is 5.69 Å². The number of fused-ring (bicyclic) bond motifs is 1. The minimum absolute atomic E-state index is 0.0596. The smallest absolute Gasteiger partial charge is 0.277 e. The summed E-state index contributed by atoms with van der Waals surface area (Å²) in [7, 11) is 0. The van der Waals surface area contributed by atoms with Crippen molar-refractivity contribution in [2.24, 2.45) is 5.41 Å². The second-order valence-electron chi connectivity index (χ2n) is 8.86. The van der Waals surface area contributed by atoms with E-state index in [4.69, 9.17) is 0 Å². The van der Waals surface area contributed by atoms with Crippen LogP contribution in [0.4, 0.5) is 5.82 Å². The van der Waals surface area contributed by atoms with Crippen LogP contribution in [0.2, 0.25) is 0 Å². The second-order valence-corrected chi connectivity index (χ2v) is 8.86. The van der Waals surface area contributed by atoms with Gasteiger partial charge >= 0.3 is 0 Å². The van der Waals surface area contributed by atoms with Gasteiger partial charge in [-0.15, -0.1) is 0 Å². The quantitative estimate of drug-likeness (QED) is 0.604. The van der Waals surface area contributed by atoms with Gasteiger partial charge in [-0.3, -0.25) is 14.7 Å². The number of anilines is 1. The number of carbonyl (C=O) groups is 1. The van der Waals surface area contributed by atoms with Gasteiger partial charge in [0.2, 0.25) is 0 Å². The number of hydrogen-bond acceptors (Lipinski definition) is 4. The average Bonchev–Trinajstić information content (AvgIpc) is 3.03. The number of aromatic hydroxyl groups is 1. The molecule has 3 aromatic rings. The maximum absolute atomic E-state index is 13.5. The normalized spacial score (nSPS) is 19.8. The van der Waals surface area contributed by atoms with Crippen LogP contribution < -0.4 is 10.9 Å². The number of para-hydroxylation sites is 1. The monoisotopic (exact) mass is 401 g/mol. The second kappa shape index (κ2) is 6.49. The zero-order valence-corrected chi connectivity index (χ0v) is 16.9. The lowest BCUT2D eigenvalue weighted by molar-refractivity contribution is -0.118. The van der Waals surface area contributed by atoms with E-state index in [-0.39, 0.29) is 22.5 Å². The van der Waals surface area contributed by atoms with Crippen molar-refractivity contribution in [3.05, 3.63) is 87.3 Å². The molecule has 0 fully saturated rings. The first-order valence-electron chi connectivity index (χ1n) is 10.1. The van der Waals surface area contributed by atoms with Crippen molar-refractivity contribution in [1.29, 1.82) is 0 Å². The molecule has 5 rings (SSSR count). The number of Topliss-reactive ketones (excluding diaryl/α,β-unsaturated/α-hetero) is 1. The highest BCUT2D eigenvalue weighted by Gasteiger charge is 2.42. The number of phenolic OH excluding ortho intramolecular Hbond substituents is 1. The Hall–Kier alpha value is -3.54. The van der Waals surface area contributed by atoms with Gasteiger partial charge in [0.05, 0.1) is 11.3 Å². The van der Waals surface area contributed by atoms with Gasteiger partial charge in [-0.1, -0.05) is 44.2 Å². The fraction of sp³-hybridized carbons (Fsp3) is 0.250. The van der Waals surface area contributed by atoms with E-state index >= 15 is 0 Å². The summed E-state index contributed by atoms with van der Waals surface area (Å²) in [6.07, 6.45) is 1.16. The lowest BCUT2D eigenvalue weighted by Gasteiger charge is -2.37. The highest BCUT2D eigenvalue weighted by atomic mass is 16.3. The summed E-state index contributed by atoms with van der Waals surface area (Å²) >= 11 is 0. The Bertz CT molecular complexity index is 1230. The number of aromatic amines is 1. The van der Waals surface area contributed by atoms with E-state index in [2.05, 4.69) is 24.3 Å². The molecule has 2 aliphatic rings. The van der Waals surface area contributed by atoms with Crippen molar-refractivity contribution in [2.75, 3.05) is 5.32 Å². The minimum atomic E-state index is -0.478. The van der Waals surface area contributed by atoms with E-state index in [1.165, 1.54) is 4.68 Å². The number of aromatic nitrogens is 2. The van der Waals surface area contributed by atoms with E-state index in [1.807, 2.05) is 30.3 Å². The molecule has 0 unspecified atom stereocenters. The first kappa shape index (κ1) is 18.5. The first-order valence-corrected chi connectivity index (χ1v) is 10.1. The highest BCUT2D eigenvalue weighted by Crippen LogP contribution is 2.47. The number of rotatable bonds is 2. The van der Waals surface area contributed by atoms with E-state index in [1.54, 1.807) is 24.3 Å². The Morgan fingerprint density at radius 2 is 1.70 bits per heavy atom. The van der Waals surface area contributed by atoms with Crippen LogP contribution in [-0.4, -0.2) is 20.7 Å². The molecule has 0 amide bonds. The molecule has 0 saturated carbocycles. The third-order valence-corrected chi connectivity index (χ3v) is 5.94. The maximum atomic E-state index is 13.5. The molecule has 0 spiro atoms. The third kappa shape index (κ3) is 2.87. The standard InChI is InChI=1S/C24H23N3O3/c1-24(2)12-17-20(18(29)13-24)19(14-8-10-16(28)11-9-14)21-22(25-17)26-27(23(21)30)15-6-4-3-5-7-15/h3-11,19,25-26,28H,12-13H2,1-2H3/t19-/m1/s1. The molecule has 1 aliphatic heterocycles.